The van der Waals surface area contributed by atoms with Crippen LogP contribution in [0.4, 0.5) is 13.2 Å². The molecule has 0 bridgehead atoms. The summed E-state index contributed by atoms with van der Waals surface area (Å²) in [5.41, 5.74) is 0. The van der Waals surface area contributed by atoms with Crippen LogP contribution in [0.25, 0.3) is 0 Å². The third-order valence-electron chi connectivity index (χ3n) is 3.30. The molecule has 0 aliphatic carbocycles. The van der Waals surface area contributed by atoms with Gasteiger partial charge in [-0.05, 0) is 6.42 Å². The van der Waals surface area contributed by atoms with Gasteiger partial charge in [0.15, 0.2) is 0 Å². The van der Waals surface area contributed by atoms with Crippen LogP contribution in [0.3, 0.4) is 0 Å². The van der Waals surface area contributed by atoms with E-state index in [-0.39, 0.29) is 19.4 Å². The fraction of sp³-hybridized carbons (Fsp3) is 0.667. The first-order valence-corrected chi connectivity index (χ1v) is 7.95. The Hall–Kier alpha value is -2.14. The number of likely N-dealkylation sites (N-methyl/N-ethyl adjacent to an activating group) is 1. The Labute approximate surface area is 149 Å². The highest BCUT2D eigenvalue weighted by molar-refractivity contribution is 5.94. The molecule has 2 unspecified atom stereocenters. The average Bonchev–Trinajstić information content (AvgIpc) is 2.83. The van der Waals surface area contributed by atoms with E-state index in [9.17, 15) is 32.7 Å². The minimum Gasteiger partial charge on any atom is -0.394 e. The number of carbonyl (C=O) groups excluding carboxylic acids is 3. The number of ether oxygens (including phenoxy) is 1. The molecule has 1 aliphatic heterocycles. The summed E-state index contributed by atoms with van der Waals surface area (Å²) in [6.07, 6.45) is -4.37. The number of amides is 3. The van der Waals surface area contributed by atoms with Crippen molar-refractivity contribution in [3.8, 4) is 0 Å². The Balaban J connectivity index is 0.00000301. The first-order valence-electron chi connectivity index (χ1n) is 7.95. The summed E-state index contributed by atoms with van der Waals surface area (Å²) in [5.74, 6) is -2.72. The molecule has 2 N–H and O–H groups in total. The average molecular weight is 383 g/mol. The Morgan fingerprint density at radius 1 is 1.38 bits per heavy atom. The second-order valence-corrected chi connectivity index (χ2v) is 5.04. The van der Waals surface area contributed by atoms with Crippen LogP contribution in [0.5, 0.6) is 0 Å². The van der Waals surface area contributed by atoms with Crippen molar-refractivity contribution in [1.29, 1.82) is 0 Å². The molecule has 11 heteroatoms. The van der Waals surface area contributed by atoms with E-state index in [2.05, 4.69) is 0 Å². The number of hydrogen-bond acceptors (Lipinski definition) is 6. The second-order valence-electron chi connectivity index (χ2n) is 5.04. The highest BCUT2D eigenvalue weighted by Crippen LogP contribution is 2.22. The molecule has 0 aromatic carbocycles. The van der Waals surface area contributed by atoms with Gasteiger partial charge in [0, 0.05) is 25.9 Å². The summed E-state index contributed by atoms with van der Waals surface area (Å²) in [4.78, 5) is 34.6. The number of rotatable bonds is 5. The largest absolute Gasteiger partial charge is 0.471 e. The van der Waals surface area contributed by atoms with E-state index >= 15 is 0 Å². The van der Waals surface area contributed by atoms with Crippen LogP contribution < -0.4 is 5.32 Å². The van der Waals surface area contributed by atoms with Crippen molar-refractivity contribution in [2.75, 3.05) is 26.7 Å². The van der Waals surface area contributed by atoms with Crippen molar-refractivity contribution < 1.29 is 37.4 Å². The SMILES string of the molecule is CC.CN(/C=C\C(=O)NC=O)C1CN(C(=O)C(F)(F)F)CCC(CO)O1. The fourth-order valence-electron chi connectivity index (χ4n) is 2.02. The van der Waals surface area contributed by atoms with Gasteiger partial charge >= 0.3 is 12.1 Å². The second kappa shape index (κ2) is 11.5. The van der Waals surface area contributed by atoms with Gasteiger partial charge in [0.1, 0.15) is 6.23 Å². The standard InChI is InChI=1S/C13H18F3N3O5.C2H6/c1-18(4-3-10(22)17-8-21)11-6-19(12(23)13(14,15)16)5-2-9(7-20)24-11;1-2/h3-4,8-9,11,20H,2,5-7H2,1H3,(H,17,21,22);1-2H3/b4-3-;. The third-order valence-corrected chi connectivity index (χ3v) is 3.30. The van der Waals surface area contributed by atoms with Gasteiger partial charge in [0.05, 0.1) is 19.3 Å². The van der Waals surface area contributed by atoms with Crippen molar-refractivity contribution in [1.82, 2.24) is 15.1 Å². The van der Waals surface area contributed by atoms with Crippen molar-refractivity contribution in [3.05, 3.63) is 12.3 Å². The van der Waals surface area contributed by atoms with Crippen LogP contribution in [-0.4, -0.2) is 78.4 Å². The zero-order valence-corrected chi connectivity index (χ0v) is 14.8. The molecular formula is C15H24F3N3O5. The summed E-state index contributed by atoms with van der Waals surface area (Å²) in [6, 6.07) is 0. The van der Waals surface area contributed by atoms with E-state index in [0.29, 0.717) is 4.90 Å². The van der Waals surface area contributed by atoms with Gasteiger partial charge < -0.3 is 19.6 Å². The van der Waals surface area contributed by atoms with Crippen molar-refractivity contribution >= 4 is 18.2 Å². The maximum Gasteiger partial charge on any atom is 0.471 e. The van der Waals surface area contributed by atoms with Gasteiger partial charge in [-0.15, -0.1) is 0 Å². The van der Waals surface area contributed by atoms with E-state index < -0.39 is 43.5 Å². The van der Waals surface area contributed by atoms with Crippen LogP contribution in [0.2, 0.25) is 0 Å². The number of halogens is 3. The first kappa shape index (κ1) is 23.9. The molecule has 8 nitrogen and oxygen atoms in total. The quantitative estimate of drug-likeness (QED) is 0.521. The van der Waals surface area contributed by atoms with E-state index in [1.54, 1.807) is 0 Å². The molecule has 1 fully saturated rings. The molecule has 150 valence electrons. The lowest BCUT2D eigenvalue weighted by Gasteiger charge is -2.30. The summed E-state index contributed by atoms with van der Waals surface area (Å²) in [6.45, 7) is 2.96. The first-order chi connectivity index (χ1) is 12.2. The van der Waals surface area contributed by atoms with Crippen molar-refractivity contribution in [3.63, 3.8) is 0 Å². The van der Waals surface area contributed by atoms with E-state index in [1.165, 1.54) is 18.1 Å². The van der Waals surface area contributed by atoms with Crippen molar-refractivity contribution in [2.24, 2.45) is 0 Å². The number of carbonyl (C=O) groups is 3. The molecule has 1 rings (SSSR count). The predicted octanol–water partition coefficient (Wildman–Crippen LogP) is 0.229. The zero-order valence-electron chi connectivity index (χ0n) is 14.8. The summed E-state index contributed by atoms with van der Waals surface area (Å²) in [5, 5.41) is 11.1. The molecule has 2 atom stereocenters. The molecule has 0 saturated carbocycles. The zero-order chi connectivity index (χ0) is 20.3. The Morgan fingerprint density at radius 2 is 2.00 bits per heavy atom. The lowest BCUT2D eigenvalue weighted by Crippen LogP contribution is -2.47. The molecule has 0 aromatic heterocycles. The molecule has 26 heavy (non-hydrogen) atoms. The van der Waals surface area contributed by atoms with Crippen molar-refractivity contribution in [2.45, 2.75) is 38.8 Å². The molecule has 0 spiro atoms. The summed E-state index contributed by atoms with van der Waals surface area (Å²) >= 11 is 0. The third kappa shape index (κ3) is 7.83. The summed E-state index contributed by atoms with van der Waals surface area (Å²) in [7, 11) is 1.42. The van der Waals surface area contributed by atoms with Gasteiger partial charge in [-0.1, -0.05) is 13.8 Å². The number of imide groups is 1. The summed E-state index contributed by atoms with van der Waals surface area (Å²) < 4.78 is 43.3. The number of alkyl halides is 3. The molecular weight excluding hydrogens is 359 g/mol. The van der Waals surface area contributed by atoms with Crippen LogP contribution in [-0.2, 0) is 19.1 Å². The van der Waals surface area contributed by atoms with Gasteiger partial charge in [0.25, 0.3) is 5.91 Å². The molecule has 0 aromatic rings. The molecule has 3 amide bonds. The number of nitrogens with zero attached hydrogens (tertiary/aromatic N) is 2. The highest BCUT2D eigenvalue weighted by Gasteiger charge is 2.44. The number of aliphatic hydroxyl groups excluding tert-OH is 1. The predicted molar refractivity (Wildman–Crippen MR) is 85.5 cm³/mol. The van der Waals surface area contributed by atoms with Crippen LogP contribution in [0, 0.1) is 0 Å². The van der Waals surface area contributed by atoms with Gasteiger partial charge in [-0.3, -0.25) is 19.7 Å². The molecule has 1 aliphatic rings. The van der Waals surface area contributed by atoms with E-state index in [4.69, 9.17) is 4.74 Å². The Bertz CT molecular complexity index is 499. The van der Waals surface area contributed by atoms with E-state index in [0.717, 1.165) is 6.08 Å². The fourth-order valence-corrected chi connectivity index (χ4v) is 2.02. The number of aliphatic hydroxyl groups is 1. The minimum absolute atomic E-state index is 0.0397. The van der Waals surface area contributed by atoms with Gasteiger partial charge in [-0.25, -0.2) is 0 Å². The lowest BCUT2D eigenvalue weighted by atomic mass is 10.2. The molecule has 0 radical (unpaired) electrons. The molecule has 1 saturated heterocycles. The van der Waals surface area contributed by atoms with Gasteiger partial charge in [0.2, 0.25) is 6.41 Å². The minimum atomic E-state index is -5.01. The van der Waals surface area contributed by atoms with Crippen LogP contribution in [0.1, 0.15) is 20.3 Å². The normalized spacial score (nSPS) is 20.7. The number of hydrogen-bond donors (Lipinski definition) is 2. The monoisotopic (exact) mass is 383 g/mol. The lowest BCUT2D eigenvalue weighted by molar-refractivity contribution is -0.187. The maximum absolute atomic E-state index is 12.6. The topological polar surface area (TPSA) is 99.2 Å². The van der Waals surface area contributed by atoms with E-state index in [1.807, 2.05) is 19.2 Å². The maximum atomic E-state index is 12.6. The van der Waals surface area contributed by atoms with Crippen LogP contribution >= 0.6 is 0 Å². The van der Waals surface area contributed by atoms with Gasteiger partial charge in [-0.2, -0.15) is 13.2 Å². The Kier molecular flexibility index (Phi) is 10.5. The molecule has 1 heterocycles. The van der Waals surface area contributed by atoms with Crippen LogP contribution in [0.15, 0.2) is 12.3 Å². The highest BCUT2D eigenvalue weighted by atomic mass is 19.4. The smallest absolute Gasteiger partial charge is 0.394 e. The number of nitrogens with one attached hydrogen (secondary N) is 1. The Morgan fingerprint density at radius 3 is 2.50 bits per heavy atom.